The number of benzene rings is 2. The SMILES string of the molecule is Cc1cc(NC(=O)C(C)Oc2cccc3c2CCCC3)ccc1Br. The molecule has 0 aromatic heterocycles. The number of anilines is 1. The van der Waals surface area contributed by atoms with Gasteiger partial charge in [-0.05, 0) is 80.5 Å². The van der Waals surface area contributed by atoms with Crippen LogP contribution < -0.4 is 10.1 Å². The van der Waals surface area contributed by atoms with Gasteiger partial charge in [0.25, 0.3) is 5.91 Å². The Morgan fingerprint density at radius 1 is 1.21 bits per heavy atom. The molecule has 126 valence electrons. The molecule has 1 aliphatic carbocycles. The van der Waals surface area contributed by atoms with Crippen LogP contribution in [0.2, 0.25) is 0 Å². The van der Waals surface area contributed by atoms with Crippen molar-refractivity contribution in [2.75, 3.05) is 5.32 Å². The lowest BCUT2D eigenvalue weighted by Crippen LogP contribution is -2.30. The summed E-state index contributed by atoms with van der Waals surface area (Å²) < 4.78 is 7.01. The summed E-state index contributed by atoms with van der Waals surface area (Å²) in [6.07, 6.45) is 4.01. The monoisotopic (exact) mass is 387 g/mol. The summed E-state index contributed by atoms with van der Waals surface area (Å²) in [6.45, 7) is 3.79. The molecule has 0 bridgehead atoms. The van der Waals surface area contributed by atoms with E-state index in [1.807, 2.05) is 37.3 Å². The Balaban J connectivity index is 1.69. The second kappa shape index (κ2) is 7.39. The average molecular weight is 388 g/mol. The Bertz CT molecular complexity index is 757. The van der Waals surface area contributed by atoms with Gasteiger partial charge in [-0.25, -0.2) is 0 Å². The van der Waals surface area contributed by atoms with Crippen molar-refractivity contribution in [3.05, 3.63) is 57.6 Å². The molecule has 2 aromatic rings. The molecule has 1 atom stereocenters. The van der Waals surface area contributed by atoms with Gasteiger partial charge >= 0.3 is 0 Å². The van der Waals surface area contributed by atoms with Crippen molar-refractivity contribution in [2.24, 2.45) is 0 Å². The largest absolute Gasteiger partial charge is 0.481 e. The molecule has 0 aliphatic heterocycles. The van der Waals surface area contributed by atoms with E-state index in [4.69, 9.17) is 4.74 Å². The van der Waals surface area contributed by atoms with Crippen LogP contribution in [-0.4, -0.2) is 12.0 Å². The molecule has 0 saturated heterocycles. The zero-order valence-corrected chi connectivity index (χ0v) is 15.7. The highest BCUT2D eigenvalue weighted by molar-refractivity contribution is 9.10. The molecule has 1 unspecified atom stereocenters. The summed E-state index contributed by atoms with van der Waals surface area (Å²) in [5.74, 6) is 0.715. The van der Waals surface area contributed by atoms with Crippen LogP contribution in [0.1, 0.15) is 36.5 Å². The van der Waals surface area contributed by atoms with E-state index >= 15 is 0 Å². The maximum Gasteiger partial charge on any atom is 0.265 e. The lowest BCUT2D eigenvalue weighted by atomic mass is 9.91. The number of nitrogens with one attached hydrogen (secondary N) is 1. The van der Waals surface area contributed by atoms with Gasteiger partial charge in [0.15, 0.2) is 6.10 Å². The van der Waals surface area contributed by atoms with Crippen molar-refractivity contribution in [3.63, 3.8) is 0 Å². The van der Waals surface area contributed by atoms with Gasteiger partial charge in [-0.15, -0.1) is 0 Å². The highest BCUT2D eigenvalue weighted by Gasteiger charge is 2.19. The Morgan fingerprint density at radius 2 is 2.00 bits per heavy atom. The van der Waals surface area contributed by atoms with Gasteiger partial charge in [0.05, 0.1) is 0 Å². The Labute approximate surface area is 151 Å². The fourth-order valence-corrected chi connectivity index (χ4v) is 3.31. The normalized spacial score (nSPS) is 14.6. The summed E-state index contributed by atoms with van der Waals surface area (Å²) in [7, 11) is 0. The van der Waals surface area contributed by atoms with Crippen LogP contribution in [0, 0.1) is 6.92 Å². The van der Waals surface area contributed by atoms with Crippen LogP contribution in [0.4, 0.5) is 5.69 Å². The fraction of sp³-hybridized carbons (Fsp3) is 0.350. The van der Waals surface area contributed by atoms with Crippen LogP contribution in [-0.2, 0) is 17.6 Å². The minimum absolute atomic E-state index is 0.134. The van der Waals surface area contributed by atoms with E-state index in [1.165, 1.54) is 24.0 Å². The number of fused-ring (bicyclic) bond motifs is 1. The first-order valence-electron chi connectivity index (χ1n) is 8.39. The standard InChI is InChI=1S/C20H22BrNO2/c1-13-12-16(10-11-18(13)21)22-20(23)14(2)24-19-9-5-7-15-6-3-4-8-17(15)19/h5,7,9-12,14H,3-4,6,8H2,1-2H3,(H,22,23). The first-order chi connectivity index (χ1) is 11.5. The maximum absolute atomic E-state index is 12.4. The first kappa shape index (κ1) is 17.0. The van der Waals surface area contributed by atoms with Gasteiger partial charge in [0.1, 0.15) is 5.75 Å². The highest BCUT2D eigenvalue weighted by Crippen LogP contribution is 2.30. The number of amides is 1. The Kier molecular flexibility index (Phi) is 5.24. The van der Waals surface area contributed by atoms with Crippen molar-refractivity contribution >= 4 is 27.5 Å². The molecule has 2 aromatic carbocycles. The van der Waals surface area contributed by atoms with Crippen molar-refractivity contribution in [2.45, 2.75) is 45.6 Å². The highest BCUT2D eigenvalue weighted by atomic mass is 79.9. The van der Waals surface area contributed by atoms with Crippen molar-refractivity contribution in [1.82, 2.24) is 0 Å². The number of ether oxygens (including phenoxy) is 1. The van der Waals surface area contributed by atoms with E-state index in [0.717, 1.165) is 34.3 Å². The van der Waals surface area contributed by atoms with Crippen LogP contribution in [0.5, 0.6) is 5.75 Å². The second-order valence-corrected chi connectivity index (χ2v) is 7.17. The molecule has 24 heavy (non-hydrogen) atoms. The van der Waals surface area contributed by atoms with E-state index in [-0.39, 0.29) is 5.91 Å². The van der Waals surface area contributed by atoms with Gasteiger partial charge in [-0.2, -0.15) is 0 Å². The number of aryl methyl sites for hydroxylation is 2. The zero-order chi connectivity index (χ0) is 17.1. The molecule has 0 saturated carbocycles. The molecule has 0 heterocycles. The molecule has 0 fully saturated rings. The molecule has 0 radical (unpaired) electrons. The molecule has 1 N–H and O–H groups in total. The summed E-state index contributed by atoms with van der Waals surface area (Å²) in [5, 5.41) is 2.93. The smallest absolute Gasteiger partial charge is 0.265 e. The zero-order valence-electron chi connectivity index (χ0n) is 14.1. The Hall–Kier alpha value is -1.81. The quantitative estimate of drug-likeness (QED) is 0.797. The number of halogens is 1. The van der Waals surface area contributed by atoms with E-state index in [9.17, 15) is 4.79 Å². The Morgan fingerprint density at radius 3 is 2.79 bits per heavy atom. The number of hydrogen-bond acceptors (Lipinski definition) is 2. The van der Waals surface area contributed by atoms with E-state index in [2.05, 4.69) is 27.3 Å². The van der Waals surface area contributed by atoms with Gasteiger partial charge in [-0.1, -0.05) is 28.1 Å². The predicted molar refractivity (Wildman–Crippen MR) is 101 cm³/mol. The van der Waals surface area contributed by atoms with E-state index in [0.29, 0.717) is 0 Å². The number of hydrogen-bond donors (Lipinski definition) is 1. The molecule has 1 aliphatic rings. The molecule has 1 amide bonds. The molecule has 4 heteroatoms. The summed E-state index contributed by atoms with van der Waals surface area (Å²) in [5.41, 5.74) is 4.49. The number of carbonyl (C=O) groups is 1. The van der Waals surface area contributed by atoms with Crippen molar-refractivity contribution in [3.8, 4) is 5.75 Å². The third-order valence-electron chi connectivity index (χ3n) is 4.45. The lowest BCUT2D eigenvalue weighted by molar-refractivity contribution is -0.122. The van der Waals surface area contributed by atoms with Crippen LogP contribution in [0.15, 0.2) is 40.9 Å². The van der Waals surface area contributed by atoms with Gasteiger partial charge < -0.3 is 10.1 Å². The number of carbonyl (C=O) groups excluding carboxylic acids is 1. The molecular formula is C20H22BrNO2. The fourth-order valence-electron chi connectivity index (χ4n) is 3.07. The van der Waals surface area contributed by atoms with Crippen molar-refractivity contribution < 1.29 is 9.53 Å². The predicted octanol–water partition coefficient (Wildman–Crippen LogP) is 5.04. The van der Waals surface area contributed by atoms with Crippen LogP contribution in [0.3, 0.4) is 0 Å². The molecule has 3 rings (SSSR count). The van der Waals surface area contributed by atoms with E-state index < -0.39 is 6.10 Å². The van der Waals surface area contributed by atoms with Crippen LogP contribution in [0.25, 0.3) is 0 Å². The second-order valence-electron chi connectivity index (χ2n) is 6.31. The first-order valence-corrected chi connectivity index (χ1v) is 9.18. The maximum atomic E-state index is 12.4. The van der Waals surface area contributed by atoms with E-state index in [1.54, 1.807) is 6.92 Å². The minimum atomic E-state index is -0.539. The van der Waals surface area contributed by atoms with Gasteiger partial charge in [0.2, 0.25) is 0 Å². The summed E-state index contributed by atoms with van der Waals surface area (Å²) >= 11 is 3.47. The lowest BCUT2D eigenvalue weighted by Gasteiger charge is -2.22. The third-order valence-corrected chi connectivity index (χ3v) is 5.34. The van der Waals surface area contributed by atoms with Crippen molar-refractivity contribution in [1.29, 1.82) is 0 Å². The topological polar surface area (TPSA) is 38.3 Å². The average Bonchev–Trinajstić information content (AvgIpc) is 2.58. The number of rotatable bonds is 4. The van der Waals surface area contributed by atoms with Crippen LogP contribution >= 0.6 is 15.9 Å². The summed E-state index contributed by atoms with van der Waals surface area (Å²) in [6, 6.07) is 11.9. The minimum Gasteiger partial charge on any atom is -0.481 e. The molecular weight excluding hydrogens is 366 g/mol. The molecule has 0 spiro atoms. The summed E-state index contributed by atoms with van der Waals surface area (Å²) in [4.78, 5) is 12.4. The van der Waals surface area contributed by atoms with Gasteiger partial charge in [0, 0.05) is 10.2 Å². The third kappa shape index (κ3) is 3.81. The molecule has 3 nitrogen and oxygen atoms in total. The van der Waals surface area contributed by atoms with Gasteiger partial charge in [-0.3, -0.25) is 4.79 Å².